The van der Waals surface area contributed by atoms with E-state index in [-0.39, 0.29) is 0 Å². The van der Waals surface area contributed by atoms with Gasteiger partial charge in [-0.1, -0.05) is 48.5 Å². The molecule has 0 saturated carbocycles. The van der Waals surface area contributed by atoms with Crippen molar-refractivity contribution in [3.05, 3.63) is 58.6 Å². The van der Waals surface area contributed by atoms with Crippen LogP contribution in [0.25, 0.3) is 0 Å². The molecule has 0 atom stereocenters. The molecule has 2 aromatic carbocycles. The number of benzene rings is 2. The van der Waals surface area contributed by atoms with Gasteiger partial charge < -0.3 is 0 Å². The average Bonchev–Trinajstić information content (AvgIpc) is 2.33. The minimum absolute atomic E-state index is 0.802. The van der Waals surface area contributed by atoms with Gasteiger partial charge in [-0.05, 0) is 48.7 Å². The third kappa shape index (κ3) is 3.05. The van der Waals surface area contributed by atoms with E-state index in [0.717, 1.165) is 11.4 Å². The van der Waals surface area contributed by atoms with Crippen LogP contribution < -0.4 is 0 Å². The molecule has 0 aromatic heterocycles. The van der Waals surface area contributed by atoms with Gasteiger partial charge in [-0.3, -0.25) is 0 Å². The lowest BCUT2D eigenvalue weighted by molar-refractivity contribution is 1.08. The number of hydrogen-bond acceptors (Lipinski definition) is 1. The highest BCUT2D eigenvalue weighted by molar-refractivity contribution is 7.99. The van der Waals surface area contributed by atoms with E-state index in [1.54, 1.807) is 0 Å². The zero-order chi connectivity index (χ0) is 12.3. The second-order valence-corrected chi connectivity index (χ2v) is 5.49. The van der Waals surface area contributed by atoms with Crippen molar-refractivity contribution in [3.63, 3.8) is 0 Å². The molecule has 0 spiro atoms. The quantitative estimate of drug-likeness (QED) is 0.717. The van der Waals surface area contributed by atoms with Gasteiger partial charge in [-0.2, -0.15) is 0 Å². The van der Waals surface area contributed by atoms with E-state index < -0.39 is 0 Å². The van der Waals surface area contributed by atoms with E-state index in [2.05, 4.69) is 44.2 Å². The molecule has 0 nitrogen and oxygen atoms in total. The van der Waals surface area contributed by atoms with Crippen LogP contribution in [0.3, 0.4) is 0 Å². The Morgan fingerprint density at radius 3 is 2.53 bits per heavy atom. The zero-order valence-electron chi connectivity index (χ0n) is 10.0. The molecule has 0 aliphatic rings. The van der Waals surface area contributed by atoms with Crippen molar-refractivity contribution in [1.29, 1.82) is 0 Å². The summed E-state index contributed by atoms with van der Waals surface area (Å²) in [6.07, 6.45) is 1.07. The monoisotopic (exact) mass is 262 g/mol. The molecule has 0 unspecified atom stereocenters. The summed E-state index contributed by atoms with van der Waals surface area (Å²) in [5.74, 6) is 0. The molecule has 17 heavy (non-hydrogen) atoms. The molecule has 0 radical (unpaired) electrons. The van der Waals surface area contributed by atoms with Crippen LogP contribution in [0.2, 0.25) is 5.02 Å². The molecule has 0 heterocycles. The summed E-state index contributed by atoms with van der Waals surface area (Å²) in [5.41, 5.74) is 2.63. The highest BCUT2D eigenvalue weighted by atomic mass is 35.5. The highest BCUT2D eigenvalue weighted by Gasteiger charge is 2.05. The van der Waals surface area contributed by atoms with Crippen LogP contribution in [0.5, 0.6) is 0 Å². The molecule has 0 amide bonds. The van der Waals surface area contributed by atoms with Crippen molar-refractivity contribution < 1.29 is 0 Å². The Morgan fingerprint density at radius 2 is 1.82 bits per heavy atom. The van der Waals surface area contributed by atoms with Gasteiger partial charge in [0, 0.05) is 14.8 Å². The van der Waals surface area contributed by atoms with E-state index in [1.807, 2.05) is 23.9 Å². The molecular formula is C15H15ClS. The van der Waals surface area contributed by atoms with Crippen molar-refractivity contribution >= 4 is 23.4 Å². The van der Waals surface area contributed by atoms with E-state index >= 15 is 0 Å². The minimum Gasteiger partial charge on any atom is -0.0895 e. The predicted octanol–water partition coefficient (Wildman–Crippen LogP) is 5.36. The highest BCUT2D eigenvalue weighted by Crippen LogP contribution is 2.33. The van der Waals surface area contributed by atoms with Gasteiger partial charge >= 0.3 is 0 Å². The molecule has 2 aromatic rings. The smallest absolute Gasteiger partial charge is 0.0409 e. The second-order valence-electron chi connectivity index (χ2n) is 3.97. The Balaban J connectivity index is 2.31. The minimum atomic E-state index is 0.802. The fraction of sp³-hybridized carbons (Fsp3) is 0.200. The normalized spacial score (nSPS) is 10.5. The van der Waals surface area contributed by atoms with Crippen molar-refractivity contribution in [3.8, 4) is 0 Å². The number of hydrogen-bond donors (Lipinski definition) is 0. The van der Waals surface area contributed by atoms with E-state index in [4.69, 9.17) is 11.6 Å². The Hall–Kier alpha value is -0.920. The standard InChI is InChI=1S/C15H15ClS/c1-3-12-6-4-5-7-15(12)17-14-9-8-13(16)10-11(14)2/h4-10H,3H2,1-2H3. The summed E-state index contributed by atoms with van der Waals surface area (Å²) in [5, 5.41) is 0.802. The molecule has 88 valence electrons. The van der Waals surface area contributed by atoms with Crippen LogP contribution in [0.4, 0.5) is 0 Å². The fourth-order valence-electron chi connectivity index (χ4n) is 1.74. The van der Waals surface area contributed by atoms with Crippen molar-refractivity contribution in [2.75, 3.05) is 0 Å². The Kier molecular flexibility index (Phi) is 4.14. The van der Waals surface area contributed by atoms with Gasteiger partial charge in [-0.15, -0.1) is 0 Å². The maximum absolute atomic E-state index is 5.97. The van der Waals surface area contributed by atoms with E-state index in [1.165, 1.54) is 20.9 Å². The third-order valence-corrected chi connectivity index (χ3v) is 4.24. The topological polar surface area (TPSA) is 0 Å². The largest absolute Gasteiger partial charge is 0.0895 e. The summed E-state index contributed by atoms with van der Waals surface area (Å²) in [4.78, 5) is 2.61. The van der Waals surface area contributed by atoms with Crippen LogP contribution in [0, 0.1) is 6.92 Å². The van der Waals surface area contributed by atoms with Crippen LogP contribution in [-0.4, -0.2) is 0 Å². The lowest BCUT2D eigenvalue weighted by Gasteiger charge is -2.09. The molecule has 0 aliphatic carbocycles. The number of rotatable bonds is 3. The summed E-state index contributed by atoms with van der Waals surface area (Å²) in [6, 6.07) is 14.6. The van der Waals surface area contributed by atoms with Crippen molar-refractivity contribution in [2.24, 2.45) is 0 Å². The zero-order valence-corrected chi connectivity index (χ0v) is 11.6. The maximum atomic E-state index is 5.97. The van der Waals surface area contributed by atoms with Gasteiger partial charge in [0.1, 0.15) is 0 Å². The maximum Gasteiger partial charge on any atom is 0.0409 e. The molecule has 0 saturated heterocycles. The fourth-order valence-corrected chi connectivity index (χ4v) is 3.05. The van der Waals surface area contributed by atoms with Crippen molar-refractivity contribution in [1.82, 2.24) is 0 Å². The second kappa shape index (κ2) is 5.61. The summed E-state index contributed by atoms with van der Waals surface area (Å²) in [7, 11) is 0. The number of aryl methyl sites for hydroxylation is 2. The van der Waals surface area contributed by atoms with Gasteiger partial charge in [0.05, 0.1) is 0 Å². The molecule has 0 N–H and O–H groups in total. The molecule has 0 bridgehead atoms. The van der Waals surface area contributed by atoms with Gasteiger partial charge in [0.25, 0.3) is 0 Å². The molecule has 0 fully saturated rings. The van der Waals surface area contributed by atoms with Gasteiger partial charge in [0.15, 0.2) is 0 Å². The van der Waals surface area contributed by atoms with E-state index in [0.29, 0.717) is 0 Å². The van der Waals surface area contributed by atoms with E-state index in [9.17, 15) is 0 Å². The first-order valence-corrected chi connectivity index (χ1v) is 6.92. The number of halogens is 1. The molecular weight excluding hydrogens is 248 g/mol. The van der Waals surface area contributed by atoms with Crippen LogP contribution >= 0.6 is 23.4 Å². The first kappa shape index (κ1) is 12.5. The lowest BCUT2D eigenvalue weighted by atomic mass is 10.2. The van der Waals surface area contributed by atoms with Gasteiger partial charge in [0.2, 0.25) is 0 Å². The third-order valence-electron chi connectivity index (χ3n) is 2.71. The van der Waals surface area contributed by atoms with Gasteiger partial charge in [-0.25, -0.2) is 0 Å². The Labute approximate surface area is 112 Å². The van der Waals surface area contributed by atoms with Crippen LogP contribution in [0.1, 0.15) is 18.1 Å². The van der Waals surface area contributed by atoms with Crippen molar-refractivity contribution in [2.45, 2.75) is 30.1 Å². The Bertz CT molecular complexity index is 520. The summed E-state index contributed by atoms with van der Waals surface area (Å²) >= 11 is 7.78. The molecule has 2 heteroatoms. The first-order chi connectivity index (χ1) is 8.20. The summed E-state index contributed by atoms with van der Waals surface area (Å²) < 4.78 is 0. The predicted molar refractivity (Wildman–Crippen MR) is 76.1 cm³/mol. The SMILES string of the molecule is CCc1ccccc1Sc1ccc(Cl)cc1C. The lowest BCUT2D eigenvalue weighted by Crippen LogP contribution is -1.86. The summed E-state index contributed by atoms with van der Waals surface area (Å²) in [6.45, 7) is 4.29. The molecule has 0 aliphatic heterocycles. The Morgan fingerprint density at radius 1 is 1.06 bits per heavy atom. The average molecular weight is 263 g/mol. The molecule has 2 rings (SSSR count). The van der Waals surface area contributed by atoms with Crippen LogP contribution in [-0.2, 0) is 6.42 Å². The first-order valence-electron chi connectivity index (χ1n) is 5.72. The van der Waals surface area contributed by atoms with Crippen LogP contribution in [0.15, 0.2) is 52.3 Å².